The van der Waals surface area contributed by atoms with Gasteiger partial charge in [0.15, 0.2) is 11.7 Å². The maximum Gasteiger partial charge on any atom is 0.320 e. The van der Waals surface area contributed by atoms with Crippen LogP contribution in [0.5, 0.6) is 0 Å². The number of benzene rings is 2. The molecule has 0 fully saturated rings. The van der Waals surface area contributed by atoms with E-state index in [1.807, 2.05) is 0 Å². The van der Waals surface area contributed by atoms with E-state index in [1.54, 1.807) is 31.2 Å². The number of hydrogen-bond donors (Lipinski definition) is 1. The van der Waals surface area contributed by atoms with Gasteiger partial charge in [0.05, 0.1) is 22.8 Å². The first-order valence-corrected chi connectivity index (χ1v) is 10.3. The van der Waals surface area contributed by atoms with Gasteiger partial charge in [-0.05, 0) is 24.3 Å². The molecular weight excluding hydrogens is 440 g/mol. The molecule has 1 atom stereocenters. The van der Waals surface area contributed by atoms with Crippen molar-refractivity contribution in [3.63, 3.8) is 0 Å². The maximum absolute atomic E-state index is 13.9. The first-order chi connectivity index (χ1) is 15.8. The predicted molar refractivity (Wildman–Crippen MR) is 113 cm³/mol. The molecule has 10 heteroatoms. The summed E-state index contributed by atoms with van der Waals surface area (Å²) in [5.41, 5.74) is 0.858. The minimum absolute atomic E-state index is 0.0316. The summed E-state index contributed by atoms with van der Waals surface area (Å²) in [7, 11) is 0. The van der Waals surface area contributed by atoms with Gasteiger partial charge >= 0.3 is 6.55 Å². The Morgan fingerprint density at radius 2 is 1.97 bits per heavy atom. The lowest BCUT2D eigenvalue weighted by atomic mass is 10.1. The number of oxazole rings is 1. The van der Waals surface area contributed by atoms with Crippen LogP contribution in [0.25, 0.3) is 22.4 Å². The first-order valence-electron chi connectivity index (χ1n) is 10.3. The van der Waals surface area contributed by atoms with E-state index in [0.29, 0.717) is 11.0 Å². The molecule has 2 aromatic carbocycles. The van der Waals surface area contributed by atoms with E-state index in [2.05, 4.69) is 15.3 Å². The largest absolute Gasteiger partial charge is 0.441 e. The number of nitrogens with zero attached hydrogens (tertiary/aromatic N) is 3. The average molecular weight is 460 g/mol. The number of halogens is 4. The number of carbonyl (C=O) groups excluding carboxylic acids is 1. The van der Waals surface area contributed by atoms with Gasteiger partial charge < -0.3 is 9.73 Å². The summed E-state index contributed by atoms with van der Waals surface area (Å²) in [4.78, 5) is 20.6. The van der Waals surface area contributed by atoms with Crippen LogP contribution in [-0.4, -0.2) is 27.0 Å². The molecule has 4 rings (SSSR count). The van der Waals surface area contributed by atoms with Crippen molar-refractivity contribution in [1.29, 1.82) is 0 Å². The van der Waals surface area contributed by atoms with Gasteiger partial charge in [-0.2, -0.15) is 8.78 Å². The normalized spacial score (nSPS) is 12.4. The summed E-state index contributed by atoms with van der Waals surface area (Å²) in [6.45, 7) is -0.930. The number of para-hydroxylation sites is 2. The van der Waals surface area contributed by atoms with Gasteiger partial charge in [0.25, 0.3) is 0 Å². The zero-order chi connectivity index (χ0) is 23.5. The van der Waals surface area contributed by atoms with Gasteiger partial charge in [0.1, 0.15) is 17.5 Å². The standard InChI is InChI=1S/C23H20F4N4O2/c1-13(22-30-17-4-2-3-5-18(17)31(22)23(26)27)11-28-20(32)8-9-21-29-12-19(33-21)15-7-6-14(24)10-16(15)25/h2-7,10,12-13,23H,8-9,11H2,1H3,(H,28,32). The van der Waals surface area contributed by atoms with Crippen LogP contribution in [0, 0.1) is 11.6 Å². The van der Waals surface area contributed by atoms with E-state index in [9.17, 15) is 22.4 Å². The van der Waals surface area contributed by atoms with Crippen LogP contribution in [0.1, 0.15) is 37.5 Å². The van der Waals surface area contributed by atoms with Crippen LogP contribution in [0.4, 0.5) is 17.6 Å². The van der Waals surface area contributed by atoms with Gasteiger partial charge in [-0.15, -0.1) is 0 Å². The van der Waals surface area contributed by atoms with Crippen molar-refractivity contribution in [3.8, 4) is 11.3 Å². The number of imidazole rings is 1. The van der Waals surface area contributed by atoms with Crippen molar-refractivity contribution in [2.45, 2.75) is 32.2 Å². The van der Waals surface area contributed by atoms with Gasteiger partial charge in [-0.3, -0.25) is 9.36 Å². The number of hydrogen-bond acceptors (Lipinski definition) is 4. The molecular formula is C23H20F4N4O2. The molecule has 0 aliphatic rings. The van der Waals surface area contributed by atoms with Crippen LogP contribution in [0.3, 0.4) is 0 Å². The number of fused-ring (bicyclic) bond motifs is 1. The lowest BCUT2D eigenvalue weighted by molar-refractivity contribution is -0.121. The molecule has 4 aromatic rings. The van der Waals surface area contributed by atoms with Crippen molar-refractivity contribution >= 4 is 16.9 Å². The number of carbonyl (C=O) groups is 1. The summed E-state index contributed by atoms with van der Waals surface area (Å²) in [5.74, 6) is -1.73. The monoisotopic (exact) mass is 460 g/mol. The Hall–Kier alpha value is -3.69. The molecule has 0 radical (unpaired) electrons. The van der Waals surface area contributed by atoms with Crippen molar-refractivity contribution in [2.24, 2.45) is 0 Å². The second-order valence-electron chi connectivity index (χ2n) is 7.55. The van der Waals surface area contributed by atoms with Crippen LogP contribution in [0.15, 0.2) is 53.1 Å². The number of nitrogens with one attached hydrogen (secondary N) is 1. The molecule has 2 heterocycles. The van der Waals surface area contributed by atoms with Crippen molar-refractivity contribution in [3.05, 3.63) is 72.0 Å². The Balaban J connectivity index is 1.34. The quantitative estimate of drug-likeness (QED) is 0.366. The van der Waals surface area contributed by atoms with Gasteiger partial charge in [0.2, 0.25) is 5.91 Å². The molecule has 0 aliphatic carbocycles. The summed E-state index contributed by atoms with van der Waals surface area (Å²) in [5, 5.41) is 2.71. The zero-order valence-corrected chi connectivity index (χ0v) is 17.6. The molecule has 6 nitrogen and oxygen atoms in total. The fourth-order valence-electron chi connectivity index (χ4n) is 3.52. The van der Waals surface area contributed by atoms with Crippen molar-refractivity contribution in [2.75, 3.05) is 6.54 Å². The van der Waals surface area contributed by atoms with E-state index in [0.717, 1.165) is 16.7 Å². The fraction of sp³-hybridized carbons (Fsp3) is 0.261. The van der Waals surface area contributed by atoms with Crippen LogP contribution < -0.4 is 5.32 Å². The van der Waals surface area contributed by atoms with E-state index >= 15 is 0 Å². The van der Waals surface area contributed by atoms with E-state index in [-0.39, 0.29) is 48.3 Å². The highest BCUT2D eigenvalue weighted by molar-refractivity contribution is 5.77. The molecule has 1 N–H and O–H groups in total. The lowest BCUT2D eigenvalue weighted by Gasteiger charge is -2.14. The molecule has 0 aliphatic heterocycles. The highest BCUT2D eigenvalue weighted by Gasteiger charge is 2.22. The Kier molecular flexibility index (Phi) is 6.43. The summed E-state index contributed by atoms with van der Waals surface area (Å²) >= 11 is 0. The zero-order valence-electron chi connectivity index (χ0n) is 17.6. The third-order valence-corrected chi connectivity index (χ3v) is 5.18. The molecule has 1 unspecified atom stereocenters. The second kappa shape index (κ2) is 9.43. The van der Waals surface area contributed by atoms with Crippen molar-refractivity contribution < 1.29 is 26.8 Å². The molecule has 33 heavy (non-hydrogen) atoms. The van der Waals surface area contributed by atoms with Crippen LogP contribution >= 0.6 is 0 Å². The Labute approximate surface area is 186 Å². The highest BCUT2D eigenvalue weighted by Crippen LogP contribution is 2.27. The molecule has 0 bridgehead atoms. The highest BCUT2D eigenvalue weighted by atomic mass is 19.3. The Bertz CT molecular complexity index is 1280. The fourth-order valence-corrected chi connectivity index (χ4v) is 3.52. The molecule has 1 amide bonds. The maximum atomic E-state index is 13.9. The number of amides is 1. The van der Waals surface area contributed by atoms with Gasteiger partial charge in [-0.25, -0.2) is 18.7 Å². The number of rotatable bonds is 8. The Morgan fingerprint density at radius 3 is 2.73 bits per heavy atom. The third kappa shape index (κ3) is 4.89. The smallest absolute Gasteiger partial charge is 0.320 e. The average Bonchev–Trinajstić information content (AvgIpc) is 3.40. The summed E-state index contributed by atoms with van der Waals surface area (Å²) < 4.78 is 60.5. The SMILES string of the molecule is CC(CNC(=O)CCc1ncc(-c2ccc(F)cc2F)o1)c1nc2ccccc2n1C(F)F. The van der Waals surface area contributed by atoms with E-state index < -0.39 is 24.1 Å². The molecule has 172 valence electrons. The third-order valence-electron chi connectivity index (χ3n) is 5.18. The lowest BCUT2D eigenvalue weighted by Crippen LogP contribution is -2.28. The van der Waals surface area contributed by atoms with Crippen LogP contribution in [-0.2, 0) is 11.2 Å². The second-order valence-corrected chi connectivity index (χ2v) is 7.55. The summed E-state index contributed by atoms with van der Waals surface area (Å²) in [6, 6.07) is 9.72. The minimum atomic E-state index is -2.75. The number of alkyl halides is 2. The molecule has 0 saturated carbocycles. The molecule has 2 aromatic heterocycles. The molecule has 0 saturated heterocycles. The van der Waals surface area contributed by atoms with E-state index in [4.69, 9.17) is 4.42 Å². The predicted octanol–water partition coefficient (Wildman–Crippen LogP) is 5.22. The first kappa shape index (κ1) is 22.5. The topological polar surface area (TPSA) is 73.0 Å². The number of aryl methyl sites for hydroxylation is 1. The van der Waals surface area contributed by atoms with Gasteiger partial charge in [-0.1, -0.05) is 19.1 Å². The van der Waals surface area contributed by atoms with Crippen LogP contribution in [0.2, 0.25) is 0 Å². The Morgan fingerprint density at radius 1 is 1.18 bits per heavy atom. The molecule has 0 spiro atoms. The number of aromatic nitrogens is 3. The minimum Gasteiger partial charge on any atom is -0.441 e. The van der Waals surface area contributed by atoms with Crippen molar-refractivity contribution in [1.82, 2.24) is 19.9 Å². The van der Waals surface area contributed by atoms with E-state index in [1.165, 1.54) is 12.3 Å². The summed E-state index contributed by atoms with van der Waals surface area (Å²) in [6.07, 6.45) is 1.49. The van der Waals surface area contributed by atoms with Gasteiger partial charge in [0, 0.05) is 31.4 Å².